The second-order valence-corrected chi connectivity index (χ2v) is 9.67. The predicted octanol–water partition coefficient (Wildman–Crippen LogP) is 8.69. The zero-order chi connectivity index (χ0) is 22.3. The first-order valence-electron chi connectivity index (χ1n) is 11.7. The molecule has 0 spiro atoms. The van der Waals surface area contributed by atoms with Crippen molar-refractivity contribution in [3.63, 3.8) is 0 Å². The Bertz CT molecular complexity index is 1110. The van der Waals surface area contributed by atoms with Crippen LogP contribution in [0.5, 0.6) is 0 Å². The van der Waals surface area contributed by atoms with E-state index in [0.717, 1.165) is 25.7 Å². The van der Waals surface area contributed by atoms with Gasteiger partial charge in [0.25, 0.3) is 0 Å². The molecule has 2 atom stereocenters. The first-order valence-corrected chi connectivity index (χ1v) is 11.7. The molecule has 0 aromatic heterocycles. The van der Waals surface area contributed by atoms with Crippen LogP contribution in [0.3, 0.4) is 0 Å². The summed E-state index contributed by atoms with van der Waals surface area (Å²) < 4.78 is 0. The molecule has 0 N–H and O–H groups in total. The summed E-state index contributed by atoms with van der Waals surface area (Å²) in [5, 5.41) is 0. The van der Waals surface area contributed by atoms with Gasteiger partial charge in [0.2, 0.25) is 0 Å². The smallest absolute Gasteiger partial charge is 0.0166 e. The summed E-state index contributed by atoms with van der Waals surface area (Å²) in [6, 6.07) is 4.59. The zero-order valence-electron chi connectivity index (χ0n) is 19.9. The van der Waals surface area contributed by atoms with Gasteiger partial charge in [-0.2, -0.15) is 0 Å². The van der Waals surface area contributed by atoms with Gasteiger partial charge in [-0.15, -0.1) is 0 Å². The fourth-order valence-corrected chi connectivity index (χ4v) is 5.77. The molecule has 0 saturated heterocycles. The van der Waals surface area contributed by atoms with Crippen LogP contribution in [-0.4, -0.2) is 0 Å². The molecule has 2 unspecified atom stereocenters. The van der Waals surface area contributed by atoms with Crippen molar-refractivity contribution in [1.29, 1.82) is 0 Å². The van der Waals surface area contributed by atoms with Crippen molar-refractivity contribution in [2.24, 2.45) is 11.8 Å². The highest BCUT2D eigenvalue weighted by Gasteiger charge is 2.41. The van der Waals surface area contributed by atoms with Gasteiger partial charge in [0.15, 0.2) is 0 Å². The largest absolute Gasteiger partial charge is 0.0955 e. The van der Waals surface area contributed by atoms with Crippen LogP contribution in [0, 0.1) is 32.6 Å². The molecule has 1 aromatic carbocycles. The van der Waals surface area contributed by atoms with E-state index < -0.39 is 0 Å². The van der Waals surface area contributed by atoms with Crippen LogP contribution < -0.4 is 0 Å². The maximum Gasteiger partial charge on any atom is 0.0166 e. The molecule has 0 amide bonds. The quantitative estimate of drug-likeness (QED) is 0.457. The van der Waals surface area contributed by atoms with Crippen LogP contribution >= 0.6 is 0 Å². The second kappa shape index (κ2) is 8.50. The first-order chi connectivity index (χ1) is 14.8. The van der Waals surface area contributed by atoms with Crippen molar-refractivity contribution in [1.82, 2.24) is 0 Å². The van der Waals surface area contributed by atoms with Crippen LogP contribution in [-0.2, 0) is 0 Å². The van der Waals surface area contributed by atoms with Gasteiger partial charge in [0.05, 0.1) is 0 Å². The third kappa shape index (κ3) is 3.89. The minimum atomic E-state index is 0.371. The van der Waals surface area contributed by atoms with Crippen LogP contribution in [0.1, 0.15) is 61.8 Å². The lowest BCUT2D eigenvalue weighted by Gasteiger charge is -2.35. The van der Waals surface area contributed by atoms with Crippen molar-refractivity contribution in [2.45, 2.75) is 60.3 Å². The topological polar surface area (TPSA) is 0 Å². The Morgan fingerprint density at radius 3 is 2.55 bits per heavy atom. The van der Waals surface area contributed by atoms with E-state index in [0.29, 0.717) is 11.8 Å². The molecule has 0 heteroatoms. The van der Waals surface area contributed by atoms with Gasteiger partial charge in [-0.05, 0) is 85.9 Å². The maximum atomic E-state index is 4.67. The summed E-state index contributed by atoms with van der Waals surface area (Å²) >= 11 is 0. The Kier molecular flexibility index (Phi) is 5.93. The summed E-state index contributed by atoms with van der Waals surface area (Å²) in [7, 11) is 0. The predicted molar refractivity (Wildman–Crippen MR) is 136 cm³/mol. The SMILES string of the molecule is C=C(CCC)C1=C(C)C=C2CC(=Cc3cc(C)cc(C)c3C)C(=C)C2C1C1=CC=CC1. The van der Waals surface area contributed by atoms with E-state index in [1.807, 2.05) is 0 Å². The molecular formula is C31H36. The monoisotopic (exact) mass is 408 g/mol. The maximum absolute atomic E-state index is 4.67. The van der Waals surface area contributed by atoms with Gasteiger partial charge < -0.3 is 0 Å². The molecule has 160 valence electrons. The van der Waals surface area contributed by atoms with Crippen LogP contribution in [0.4, 0.5) is 0 Å². The zero-order valence-corrected chi connectivity index (χ0v) is 19.9. The highest BCUT2D eigenvalue weighted by atomic mass is 14.4. The van der Waals surface area contributed by atoms with E-state index in [9.17, 15) is 0 Å². The molecule has 0 heterocycles. The van der Waals surface area contributed by atoms with E-state index in [1.165, 1.54) is 61.3 Å². The highest BCUT2D eigenvalue weighted by Crippen LogP contribution is 2.54. The third-order valence-corrected chi connectivity index (χ3v) is 7.37. The molecule has 0 aliphatic heterocycles. The fraction of sp³-hybridized carbons (Fsp3) is 0.355. The number of fused-ring (bicyclic) bond motifs is 1. The second-order valence-electron chi connectivity index (χ2n) is 9.67. The number of hydrogen-bond acceptors (Lipinski definition) is 0. The fourth-order valence-electron chi connectivity index (χ4n) is 5.77. The lowest BCUT2D eigenvalue weighted by Crippen LogP contribution is -2.24. The van der Waals surface area contributed by atoms with Crippen molar-refractivity contribution in [2.75, 3.05) is 0 Å². The van der Waals surface area contributed by atoms with Crippen molar-refractivity contribution in [3.05, 3.63) is 111 Å². The van der Waals surface area contributed by atoms with Crippen molar-refractivity contribution < 1.29 is 0 Å². The van der Waals surface area contributed by atoms with Crippen LogP contribution in [0.2, 0.25) is 0 Å². The van der Waals surface area contributed by atoms with Crippen LogP contribution in [0.25, 0.3) is 6.08 Å². The van der Waals surface area contributed by atoms with E-state index in [-0.39, 0.29) is 0 Å². The molecule has 0 radical (unpaired) electrons. The number of rotatable bonds is 5. The number of hydrogen-bond donors (Lipinski definition) is 0. The summed E-state index contributed by atoms with van der Waals surface area (Å²) in [6.45, 7) is 20.4. The molecule has 4 rings (SSSR count). The molecule has 0 nitrogen and oxygen atoms in total. The van der Waals surface area contributed by atoms with E-state index in [4.69, 9.17) is 0 Å². The van der Waals surface area contributed by atoms with Gasteiger partial charge in [-0.1, -0.05) is 91.3 Å². The van der Waals surface area contributed by atoms with E-state index >= 15 is 0 Å². The molecule has 0 bridgehead atoms. The molecular weight excluding hydrogens is 372 g/mol. The van der Waals surface area contributed by atoms with E-state index in [1.54, 1.807) is 0 Å². The first kappa shape index (κ1) is 21.6. The lowest BCUT2D eigenvalue weighted by molar-refractivity contribution is 0.555. The van der Waals surface area contributed by atoms with Gasteiger partial charge in [0, 0.05) is 11.8 Å². The Morgan fingerprint density at radius 1 is 1.10 bits per heavy atom. The molecule has 1 fully saturated rings. The van der Waals surface area contributed by atoms with Crippen molar-refractivity contribution >= 4 is 6.08 Å². The van der Waals surface area contributed by atoms with Crippen LogP contribution in [0.15, 0.2) is 88.6 Å². The molecule has 1 saturated carbocycles. The Balaban J connectivity index is 1.78. The van der Waals surface area contributed by atoms with Gasteiger partial charge in [0.1, 0.15) is 0 Å². The number of allylic oxidation sites excluding steroid dienone is 11. The average molecular weight is 409 g/mol. The summed E-state index contributed by atoms with van der Waals surface area (Å²) in [5.74, 6) is 0.753. The van der Waals surface area contributed by atoms with Crippen molar-refractivity contribution in [3.8, 4) is 0 Å². The summed E-state index contributed by atoms with van der Waals surface area (Å²) in [5.41, 5.74) is 15.3. The molecule has 3 aliphatic rings. The third-order valence-electron chi connectivity index (χ3n) is 7.37. The van der Waals surface area contributed by atoms with E-state index in [2.05, 4.69) is 90.3 Å². The lowest BCUT2D eigenvalue weighted by atomic mass is 9.68. The molecule has 1 aromatic rings. The summed E-state index contributed by atoms with van der Waals surface area (Å²) in [6.07, 6.45) is 16.0. The van der Waals surface area contributed by atoms with Gasteiger partial charge >= 0.3 is 0 Å². The minimum absolute atomic E-state index is 0.371. The van der Waals surface area contributed by atoms with Gasteiger partial charge in [-0.3, -0.25) is 0 Å². The summed E-state index contributed by atoms with van der Waals surface area (Å²) in [4.78, 5) is 0. The number of aryl methyl sites for hydroxylation is 2. The van der Waals surface area contributed by atoms with Gasteiger partial charge in [-0.25, -0.2) is 0 Å². The molecule has 3 aliphatic carbocycles. The Hall–Kier alpha value is -2.60. The Labute approximate surface area is 189 Å². The highest BCUT2D eigenvalue weighted by molar-refractivity contribution is 5.69. The number of benzene rings is 1. The molecule has 31 heavy (non-hydrogen) atoms. The Morgan fingerprint density at radius 2 is 1.87 bits per heavy atom. The average Bonchev–Trinajstić information content (AvgIpc) is 3.34. The normalized spacial score (nSPS) is 24.0. The standard InChI is InChI=1S/C31H36/c1-8-11-20(3)29-22(5)16-28-18-27(17-26-15-19(2)14-21(4)23(26)6)24(7)30(28)31(29)25-12-9-10-13-25/h9-10,12,14-17,30-31H,3,7-8,11,13,18H2,1-2,4-6H3. The minimum Gasteiger partial charge on any atom is -0.0955 e.